The standard InChI is InChI=1S/C10H12N4/c1-6-8(5-11)9(12)14-10(13-6)7-3-2-4-7/h7H,2-4H2,1H3,(H2,12,13,14). The van der Waals surface area contributed by atoms with Crippen molar-refractivity contribution in [1.29, 1.82) is 5.26 Å². The van der Waals surface area contributed by atoms with Crippen molar-refractivity contribution in [2.45, 2.75) is 32.1 Å². The first-order valence-electron chi connectivity index (χ1n) is 4.76. The van der Waals surface area contributed by atoms with Gasteiger partial charge in [-0.2, -0.15) is 5.26 Å². The van der Waals surface area contributed by atoms with Crippen molar-refractivity contribution in [3.8, 4) is 6.07 Å². The third-order valence-electron chi connectivity index (χ3n) is 2.72. The molecule has 0 atom stereocenters. The SMILES string of the molecule is Cc1nc(C2CCC2)nc(N)c1C#N. The van der Waals surface area contributed by atoms with Crippen LogP contribution in [0.1, 0.15) is 42.3 Å². The fraction of sp³-hybridized carbons (Fsp3) is 0.500. The molecule has 1 aromatic heterocycles. The van der Waals surface area contributed by atoms with E-state index < -0.39 is 0 Å². The Hall–Kier alpha value is -1.63. The van der Waals surface area contributed by atoms with E-state index in [-0.39, 0.29) is 0 Å². The Kier molecular flexibility index (Phi) is 2.08. The van der Waals surface area contributed by atoms with Crippen molar-refractivity contribution in [3.63, 3.8) is 0 Å². The van der Waals surface area contributed by atoms with Gasteiger partial charge in [-0.05, 0) is 19.8 Å². The second-order valence-electron chi connectivity index (χ2n) is 3.67. The Morgan fingerprint density at radius 1 is 1.43 bits per heavy atom. The third-order valence-corrected chi connectivity index (χ3v) is 2.72. The van der Waals surface area contributed by atoms with Gasteiger partial charge in [0.25, 0.3) is 0 Å². The molecule has 72 valence electrons. The first-order chi connectivity index (χ1) is 6.72. The summed E-state index contributed by atoms with van der Waals surface area (Å²) in [6, 6.07) is 2.02. The van der Waals surface area contributed by atoms with E-state index in [1.54, 1.807) is 6.92 Å². The number of nitrogens with zero attached hydrogens (tertiary/aromatic N) is 3. The lowest BCUT2D eigenvalue weighted by molar-refractivity contribution is 0.401. The smallest absolute Gasteiger partial charge is 0.145 e. The summed E-state index contributed by atoms with van der Waals surface area (Å²) in [5, 5.41) is 8.79. The maximum absolute atomic E-state index is 8.79. The summed E-state index contributed by atoms with van der Waals surface area (Å²) in [6.45, 7) is 1.80. The van der Waals surface area contributed by atoms with E-state index in [1.807, 2.05) is 6.07 Å². The van der Waals surface area contributed by atoms with Crippen molar-refractivity contribution < 1.29 is 0 Å². The van der Waals surface area contributed by atoms with Gasteiger partial charge in [0.1, 0.15) is 23.3 Å². The summed E-state index contributed by atoms with van der Waals surface area (Å²) < 4.78 is 0. The second-order valence-corrected chi connectivity index (χ2v) is 3.67. The van der Waals surface area contributed by atoms with Crippen LogP contribution >= 0.6 is 0 Å². The Labute approximate surface area is 82.8 Å². The topological polar surface area (TPSA) is 75.6 Å². The number of aryl methyl sites for hydroxylation is 1. The molecule has 4 nitrogen and oxygen atoms in total. The molecule has 1 aromatic rings. The quantitative estimate of drug-likeness (QED) is 0.724. The molecule has 1 aliphatic carbocycles. The van der Waals surface area contributed by atoms with Gasteiger partial charge in [0.2, 0.25) is 0 Å². The molecular weight excluding hydrogens is 176 g/mol. The minimum absolute atomic E-state index is 0.321. The zero-order valence-electron chi connectivity index (χ0n) is 8.12. The van der Waals surface area contributed by atoms with Gasteiger partial charge >= 0.3 is 0 Å². The molecule has 0 saturated heterocycles. The molecule has 14 heavy (non-hydrogen) atoms. The van der Waals surface area contributed by atoms with Gasteiger partial charge in [-0.25, -0.2) is 9.97 Å². The number of aromatic nitrogens is 2. The zero-order chi connectivity index (χ0) is 10.1. The predicted octanol–water partition coefficient (Wildman–Crippen LogP) is 1.51. The van der Waals surface area contributed by atoms with E-state index in [2.05, 4.69) is 9.97 Å². The summed E-state index contributed by atoms with van der Waals surface area (Å²) >= 11 is 0. The average molecular weight is 188 g/mol. The molecule has 2 N–H and O–H groups in total. The number of anilines is 1. The second kappa shape index (κ2) is 3.26. The molecule has 0 aliphatic heterocycles. The van der Waals surface area contributed by atoms with Crippen LogP contribution in [0.5, 0.6) is 0 Å². The predicted molar refractivity (Wildman–Crippen MR) is 52.5 cm³/mol. The van der Waals surface area contributed by atoms with Gasteiger partial charge in [0.05, 0.1) is 5.69 Å². The molecule has 2 rings (SSSR count). The van der Waals surface area contributed by atoms with Gasteiger partial charge in [-0.15, -0.1) is 0 Å². The summed E-state index contributed by atoms with van der Waals surface area (Å²) in [5.74, 6) is 1.59. The maximum atomic E-state index is 8.79. The molecule has 1 saturated carbocycles. The molecular formula is C10H12N4. The number of hydrogen-bond acceptors (Lipinski definition) is 4. The molecule has 0 radical (unpaired) electrons. The Morgan fingerprint density at radius 2 is 2.14 bits per heavy atom. The minimum atomic E-state index is 0.321. The molecule has 0 aromatic carbocycles. The lowest BCUT2D eigenvalue weighted by atomic mass is 9.85. The molecule has 1 aliphatic rings. The number of nitrogens with two attached hydrogens (primary N) is 1. The van der Waals surface area contributed by atoms with Crippen molar-refractivity contribution in [1.82, 2.24) is 9.97 Å². The van der Waals surface area contributed by atoms with Gasteiger partial charge in [0.15, 0.2) is 0 Å². The number of nitriles is 1. The third kappa shape index (κ3) is 1.31. The molecule has 0 unspecified atom stereocenters. The Morgan fingerprint density at radius 3 is 2.57 bits per heavy atom. The van der Waals surface area contributed by atoms with Crippen LogP contribution in [0.2, 0.25) is 0 Å². The van der Waals surface area contributed by atoms with Crippen LogP contribution < -0.4 is 5.73 Å². The molecule has 0 amide bonds. The van der Waals surface area contributed by atoms with Crippen molar-refractivity contribution in [2.24, 2.45) is 0 Å². The van der Waals surface area contributed by atoms with Crippen LogP contribution in [0.15, 0.2) is 0 Å². The number of nitrogen functional groups attached to an aromatic ring is 1. The summed E-state index contributed by atoms with van der Waals surface area (Å²) in [7, 11) is 0. The van der Waals surface area contributed by atoms with E-state index >= 15 is 0 Å². The van der Waals surface area contributed by atoms with Crippen LogP contribution in [-0.2, 0) is 0 Å². The van der Waals surface area contributed by atoms with Gasteiger partial charge in [-0.1, -0.05) is 6.42 Å². The highest BCUT2D eigenvalue weighted by molar-refractivity contribution is 5.50. The van der Waals surface area contributed by atoms with Gasteiger partial charge < -0.3 is 5.73 Å². The number of rotatable bonds is 1. The first kappa shape index (κ1) is 8.95. The minimum Gasteiger partial charge on any atom is -0.382 e. The van der Waals surface area contributed by atoms with E-state index in [9.17, 15) is 0 Å². The summed E-state index contributed by atoms with van der Waals surface area (Å²) in [6.07, 6.45) is 3.53. The fourth-order valence-electron chi connectivity index (χ4n) is 1.60. The highest BCUT2D eigenvalue weighted by Crippen LogP contribution is 2.34. The summed E-state index contributed by atoms with van der Waals surface area (Å²) in [4.78, 5) is 8.48. The lowest BCUT2D eigenvalue weighted by Crippen LogP contribution is -2.15. The first-order valence-corrected chi connectivity index (χ1v) is 4.76. The van der Waals surface area contributed by atoms with E-state index in [0.29, 0.717) is 23.0 Å². The maximum Gasteiger partial charge on any atom is 0.145 e. The Balaban J connectivity index is 2.41. The van der Waals surface area contributed by atoms with E-state index in [4.69, 9.17) is 11.0 Å². The highest BCUT2D eigenvalue weighted by Gasteiger charge is 2.23. The molecule has 4 heteroatoms. The van der Waals surface area contributed by atoms with Crippen molar-refractivity contribution in [2.75, 3.05) is 5.73 Å². The fourth-order valence-corrected chi connectivity index (χ4v) is 1.60. The van der Waals surface area contributed by atoms with Crippen LogP contribution in [-0.4, -0.2) is 9.97 Å². The molecule has 1 fully saturated rings. The molecule has 0 spiro atoms. The largest absolute Gasteiger partial charge is 0.382 e. The average Bonchev–Trinajstić information content (AvgIpc) is 2.00. The molecule has 0 bridgehead atoms. The normalized spacial score (nSPS) is 16.0. The van der Waals surface area contributed by atoms with Gasteiger partial charge in [-0.3, -0.25) is 0 Å². The van der Waals surface area contributed by atoms with Crippen LogP contribution in [0.3, 0.4) is 0 Å². The van der Waals surface area contributed by atoms with E-state index in [0.717, 1.165) is 18.7 Å². The van der Waals surface area contributed by atoms with Crippen molar-refractivity contribution in [3.05, 3.63) is 17.1 Å². The number of hydrogen-bond donors (Lipinski definition) is 1. The van der Waals surface area contributed by atoms with Crippen LogP contribution in [0.4, 0.5) is 5.82 Å². The zero-order valence-corrected chi connectivity index (χ0v) is 8.12. The van der Waals surface area contributed by atoms with Crippen LogP contribution in [0.25, 0.3) is 0 Å². The Bertz CT molecular complexity index is 378. The monoisotopic (exact) mass is 188 g/mol. The van der Waals surface area contributed by atoms with Crippen LogP contribution in [0, 0.1) is 18.3 Å². The highest BCUT2D eigenvalue weighted by atomic mass is 15.0. The molecule has 1 heterocycles. The van der Waals surface area contributed by atoms with Gasteiger partial charge in [0, 0.05) is 5.92 Å². The van der Waals surface area contributed by atoms with E-state index in [1.165, 1.54) is 6.42 Å². The van der Waals surface area contributed by atoms with Crippen molar-refractivity contribution >= 4 is 5.82 Å². The summed E-state index contributed by atoms with van der Waals surface area (Å²) in [5.41, 5.74) is 6.78. The lowest BCUT2D eigenvalue weighted by Gasteiger charge is -2.24.